The van der Waals surface area contributed by atoms with Gasteiger partial charge in [-0.15, -0.1) is 6.58 Å². The molecular formula is C35H32N4O3S. The number of aryl methyl sites for hydroxylation is 2. The highest BCUT2D eigenvalue weighted by molar-refractivity contribution is 7.07. The summed E-state index contributed by atoms with van der Waals surface area (Å²) in [6.45, 7) is 10.3. The molecule has 1 aliphatic heterocycles. The molecule has 43 heavy (non-hydrogen) atoms. The lowest BCUT2D eigenvalue weighted by Gasteiger charge is -2.25. The molecule has 7 nitrogen and oxygen atoms in total. The van der Waals surface area contributed by atoms with Crippen LogP contribution in [0, 0.1) is 13.8 Å². The van der Waals surface area contributed by atoms with E-state index in [4.69, 9.17) is 9.73 Å². The molecule has 1 amide bonds. The molecule has 0 aliphatic carbocycles. The van der Waals surface area contributed by atoms with Crippen molar-refractivity contribution in [2.45, 2.75) is 33.4 Å². The Kier molecular flexibility index (Phi) is 7.46. The summed E-state index contributed by atoms with van der Waals surface area (Å²) in [7, 11) is 1.61. The summed E-state index contributed by atoms with van der Waals surface area (Å²) in [5.41, 5.74) is 6.38. The number of thiazole rings is 1. The van der Waals surface area contributed by atoms with E-state index in [9.17, 15) is 9.59 Å². The highest BCUT2D eigenvalue weighted by Crippen LogP contribution is 2.32. The van der Waals surface area contributed by atoms with Crippen molar-refractivity contribution < 1.29 is 9.53 Å². The first kappa shape index (κ1) is 28.2. The molecule has 2 aromatic heterocycles. The van der Waals surface area contributed by atoms with Crippen LogP contribution in [0.25, 0.3) is 17.0 Å². The topological polar surface area (TPSA) is 77.6 Å². The number of nitrogens with zero attached hydrogens (tertiary/aromatic N) is 3. The van der Waals surface area contributed by atoms with Gasteiger partial charge in [0.05, 0.1) is 29.0 Å². The molecule has 0 saturated carbocycles. The van der Waals surface area contributed by atoms with Gasteiger partial charge in [-0.05, 0) is 62.2 Å². The molecule has 5 aromatic rings. The van der Waals surface area contributed by atoms with Crippen molar-refractivity contribution in [3.8, 4) is 5.75 Å². The van der Waals surface area contributed by atoms with Crippen molar-refractivity contribution in [1.29, 1.82) is 0 Å². The molecule has 3 heterocycles. The van der Waals surface area contributed by atoms with E-state index in [1.165, 1.54) is 11.3 Å². The number of anilines is 1. The van der Waals surface area contributed by atoms with E-state index < -0.39 is 6.04 Å². The molecule has 0 bridgehead atoms. The number of amides is 1. The van der Waals surface area contributed by atoms with Gasteiger partial charge in [0.25, 0.3) is 11.5 Å². The second-order valence-electron chi connectivity index (χ2n) is 10.7. The summed E-state index contributed by atoms with van der Waals surface area (Å²) < 4.78 is 9.69. The molecule has 0 unspecified atom stereocenters. The van der Waals surface area contributed by atoms with Crippen LogP contribution in [0.5, 0.6) is 5.75 Å². The summed E-state index contributed by atoms with van der Waals surface area (Å²) >= 11 is 1.33. The first-order valence-electron chi connectivity index (χ1n) is 14.0. The third-order valence-electron chi connectivity index (χ3n) is 7.76. The lowest BCUT2D eigenvalue weighted by atomic mass is 9.95. The Bertz CT molecular complexity index is 2110. The van der Waals surface area contributed by atoms with Gasteiger partial charge in [0, 0.05) is 34.9 Å². The van der Waals surface area contributed by atoms with Crippen molar-refractivity contribution in [2.75, 3.05) is 12.4 Å². The Labute approximate surface area is 253 Å². The molecule has 0 saturated heterocycles. The van der Waals surface area contributed by atoms with Crippen LogP contribution in [0.15, 0.2) is 107 Å². The second kappa shape index (κ2) is 11.4. The monoisotopic (exact) mass is 588 g/mol. The summed E-state index contributed by atoms with van der Waals surface area (Å²) in [6, 6.07) is 20.8. The Morgan fingerprint density at radius 1 is 1.09 bits per heavy atom. The highest BCUT2D eigenvalue weighted by Gasteiger charge is 2.32. The van der Waals surface area contributed by atoms with Gasteiger partial charge in [0.2, 0.25) is 0 Å². The zero-order valence-electron chi connectivity index (χ0n) is 24.5. The van der Waals surface area contributed by atoms with E-state index >= 15 is 0 Å². The maximum absolute atomic E-state index is 14.2. The molecule has 216 valence electrons. The Balaban J connectivity index is 1.51. The highest BCUT2D eigenvalue weighted by atomic mass is 32.1. The van der Waals surface area contributed by atoms with E-state index in [2.05, 4.69) is 28.6 Å². The van der Waals surface area contributed by atoms with E-state index in [1.54, 1.807) is 11.7 Å². The predicted molar refractivity (Wildman–Crippen MR) is 173 cm³/mol. The number of carbonyl (C=O) groups is 1. The summed E-state index contributed by atoms with van der Waals surface area (Å²) in [4.78, 5) is 33.5. The van der Waals surface area contributed by atoms with Gasteiger partial charge < -0.3 is 14.6 Å². The van der Waals surface area contributed by atoms with Gasteiger partial charge in [0.1, 0.15) is 5.75 Å². The van der Waals surface area contributed by atoms with Crippen LogP contribution in [0.2, 0.25) is 0 Å². The molecule has 6 rings (SSSR count). The van der Waals surface area contributed by atoms with Crippen LogP contribution in [-0.2, 0) is 11.3 Å². The number of hydrogen-bond acceptors (Lipinski definition) is 5. The number of allylic oxidation sites excluding steroid dienone is 2. The summed E-state index contributed by atoms with van der Waals surface area (Å²) in [5.74, 6) is 0.393. The number of ether oxygens (including phenoxy) is 1. The van der Waals surface area contributed by atoms with Gasteiger partial charge in [-0.1, -0.05) is 65.4 Å². The minimum absolute atomic E-state index is 0.200. The fraction of sp³-hybridized carbons (Fsp3) is 0.171. The number of para-hydroxylation sites is 1. The van der Waals surface area contributed by atoms with Gasteiger partial charge in [0.15, 0.2) is 4.80 Å². The molecule has 1 aliphatic rings. The summed E-state index contributed by atoms with van der Waals surface area (Å²) in [5, 5.41) is 4.13. The largest absolute Gasteiger partial charge is 0.497 e. The maximum atomic E-state index is 14.2. The van der Waals surface area contributed by atoms with Crippen LogP contribution in [0.4, 0.5) is 5.69 Å². The fourth-order valence-electron chi connectivity index (χ4n) is 5.68. The first-order valence-corrected chi connectivity index (χ1v) is 14.8. The Morgan fingerprint density at radius 3 is 2.58 bits per heavy atom. The molecule has 1 N–H and O–H groups in total. The third kappa shape index (κ3) is 5.15. The molecule has 3 aromatic carbocycles. The van der Waals surface area contributed by atoms with Gasteiger partial charge >= 0.3 is 0 Å². The van der Waals surface area contributed by atoms with Gasteiger partial charge in [-0.3, -0.25) is 14.2 Å². The lowest BCUT2D eigenvalue weighted by Crippen LogP contribution is -2.40. The standard InChI is InChI=1S/C35H32N4O3S/c1-6-17-38-20-25(27-9-7-8-10-29(27)38)19-30-34(41)39-32(24-12-14-26(42-5)15-13-24)31(23(4)36-35(39)43-30)33(40)37-28-16-11-21(2)18-22(28)3/h6-16,18-20,32H,1,17H2,2-5H3,(H,37,40)/b30-19-/t32-/m1/s1. The van der Waals surface area contributed by atoms with Crippen LogP contribution >= 0.6 is 11.3 Å². The van der Waals surface area contributed by atoms with E-state index in [-0.39, 0.29) is 11.5 Å². The smallest absolute Gasteiger partial charge is 0.271 e. The third-order valence-corrected chi connectivity index (χ3v) is 8.74. The maximum Gasteiger partial charge on any atom is 0.271 e. The predicted octanol–water partition coefficient (Wildman–Crippen LogP) is 5.64. The van der Waals surface area contributed by atoms with Crippen molar-refractivity contribution in [1.82, 2.24) is 9.13 Å². The number of carbonyl (C=O) groups excluding carboxylic acids is 1. The van der Waals surface area contributed by atoms with Gasteiger partial charge in [-0.25, -0.2) is 4.99 Å². The quantitative estimate of drug-likeness (QED) is 0.250. The van der Waals surface area contributed by atoms with Gasteiger partial charge in [-0.2, -0.15) is 0 Å². The number of hydrogen-bond donors (Lipinski definition) is 1. The zero-order chi connectivity index (χ0) is 30.2. The minimum Gasteiger partial charge on any atom is -0.497 e. The molecule has 0 spiro atoms. The summed E-state index contributed by atoms with van der Waals surface area (Å²) in [6.07, 6.45) is 5.82. The Hall–Kier alpha value is -4.95. The SMILES string of the molecule is C=CCn1cc(/C=c2\sc3n(c2=O)[C@H](c2ccc(OC)cc2)C(C(=O)Nc2ccc(C)cc2C)=C(C)N=3)c2ccccc21. The second-order valence-corrected chi connectivity index (χ2v) is 11.7. The average molecular weight is 589 g/mol. The van der Waals surface area contributed by atoms with Crippen LogP contribution in [0.1, 0.15) is 35.2 Å². The number of aromatic nitrogens is 2. The molecule has 1 atom stereocenters. The van der Waals surface area contributed by atoms with E-state index in [0.29, 0.717) is 32.9 Å². The number of rotatable bonds is 7. The Morgan fingerprint density at radius 2 is 1.86 bits per heavy atom. The van der Waals surface area contributed by atoms with Crippen LogP contribution in [0.3, 0.4) is 0 Å². The van der Waals surface area contributed by atoms with Crippen LogP contribution < -0.4 is 24.9 Å². The molecule has 0 radical (unpaired) electrons. The van der Waals surface area contributed by atoms with Crippen molar-refractivity contribution in [3.63, 3.8) is 0 Å². The van der Waals surface area contributed by atoms with Crippen molar-refractivity contribution in [2.24, 2.45) is 4.99 Å². The van der Waals surface area contributed by atoms with E-state index in [1.807, 2.05) is 93.7 Å². The number of nitrogens with one attached hydrogen (secondary N) is 1. The van der Waals surface area contributed by atoms with Crippen LogP contribution in [-0.4, -0.2) is 22.2 Å². The molecular weight excluding hydrogens is 556 g/mol. The van der Waals surface area contributed by atoms with E-state index in [0.717, 1.165) is 38.8 Å². The number of methoxy groups -OCH3 is 1. The first-order chi connectivity index (χ1) is 20.8. The van der Waals surface area contributed by atoms with Crippen molar-refractivity contribution >= 4 is 39.9 Å². The zero-order valence-corrected chi connectivity index (χ0v) is 25.4. The fourth-order valence-corrected chi connectivity index (χ4v) is 6.72. The average Bonchev–Trinajstić information content (AvgIpc) is 3.50. The number of benzene rings is 3. The minimum atomic E-state index is -0.669. The molecule has 0 fully saturated rings. The molecule has 8 heteroatoms. The van der Waals surface area contributed by atoms with Crippen molar-refractivity contribution in [3.05, 3.63) is 139 Å². The normalized spacial score (nSPS) is 14.9. The lowest BCUT2D eigenvalue weighted by molar-refractivity contribution is -0.113. The number of fused-ring (bicyclic) bond motifs is 2.